The Morgan fingerprint density at radius 3 is 2.83 bits per heavy atom. The van der Waals surface area contributed by atoms with Crippen LogP contribution in [0.2, 0.25) is 0 Å². The van der Waals surface area contributed by atoms with Gasteiger partial charge in [-0.1, -0.05) is 26.0 Å². The Labute approximate surface area is 170 Å². The van der Waals surface area contributed by atoms with E-state index in [1.807, 2.05) is 32.3 Å². The SMILES string of the molecule is COc1ccc(Cn2cnc3c2CCOC32CC(C=NO)C(=O)C(C)(C)C2)cc1. The molecule has 1 fully saturated rings. The first-order valence-electron chi connectivity index (χ1n) is 9.92. The van der Waals surface area contributed by atoms with Crippen molar-refractivity contribution >= 4 is 12.0 Å². The normalized spacial score (nSPS) is 26.0. The van der Waals surface area contributed by atoms with Crippen LogP contribution >= 0.6 is 0 Å². The van der Waals surface area contributed by atoms with Crippen molar-refractivity contribution in [3.8, 4) is 5.75 Å². The lowest BCUT2D eigenvalue weighted by molar-refractivity contribution is -0.155. The number of hydrogen-bond acceptors (Lipinski definition) is 6. The molecule has 2 aromatic rings. The Morgan fingerprint density at radius 2 is 2.14 bits per heavy atom. The highest BCUT2D eigenvalue weighted by atomic mass is 16.5. The Bertz CT molecular complexity index is 932. The van der Waals surface area contributed by atoms with Gasteiger partial charge in [0.05, 0.1) is 37.9 Å². The summed E-state index contributed by atoms with van der Waals surface area (Å²) >= 11 is 0. The number of aromatic nitrogens is 2. The summed E-state index contributed by atoms with van der Waals surface area (Å²) in [6.45, 7) is 5.15. The number of carbonyl (C=O) groups excluding carboxylic acids is 1. The average molecular weight is 397 g/mol. The molecule has 154 valence electrons. The molecule has 1 aliphatic carbocycles. The summed E-state index contributed by atoms with van der Waals surface area (Å²) in [4.78, 5) is 17.5. The predicted molar refractivity (Wildman–Crippen MR) is 107 cm³/mol. The first-order chi connectivity index (χ1) is 13.9. The number of carbonyl (C=O) groups is 1. The standard InChI is InChI=1S/C22H27N3O4/c1-21(2)13-22(10-16(11-24-27)20(21)26)19-18(8-9-29-22)25(14-23-19)12-15-4-6-17(28-3)7-5-15/h4-7,11,14,16,27H,8-10,12-13H2,1-3H3. The van der Waals surface area contributed by atoms with E-state index in [0.29, 0.717) is 26.0 Å². The first-order valence-corrected chi connectivity index (χ1v) is 9.92. The molecule has 0 radical (unpaired) electrons. The Hall–Kier alpha value is -2.67. The van der Waals surface area contributed by atoms with Crippen molar-refractivity contribution in [3.05, 3.63) is 47.5 Å². The van der Waals surface area contributed by atoms with E-state index in [-0.39, 0.29) is 5.78 Å². The lowest BCUT2D eigenvalue weighted by atomic mass is 9.63. The van der Waals surface area contributed by atoms with Crippen molar-refractivity contribution in [3.63, 3.8) is 0 Å². The van der Waals surface area contributed by atoms with Gasteiger partial charge in [-0.15, -0.1) is 5.16 Å². The molecule has 2 atom stereocenters. The van der Waals surface area contributed by atoms with Crippen LogP contribution in [0.4, 0.5) is 0 Å². The number of oxime groups is 1. The molecule has 1 aromatic heterocycles. The Kier molecular flexibility index (Phi) is 4.94. The topological polar surface area (TPSA) is 85.9 Å². The zero-order valence-electron chi connectivity index (χ0n) is 17.1. The molecule has 0 amide bonds. The molecule has 7 heteroatoms. The van der Waals surface area contributed by atoms with Crippen molar-refractivity contribution in [2.75, 3.05) is 13.7 Å². The number of ketones is 1. The molecule has 0 bridgehead atoms. The van der Waals surface area contributed by atoms with Gasteiger partial charge in [-0.05, 0) is 30.5 Å². The third-order valence-electron chi connectivity index (χ3n) is 6.13. The van der Waals surface area contributed by atoms with E-state index < -0.39 is 16.9 Å². The maximum absolute atomic E-state index is 12.8. The summed E-state index contributed by atoms with van der Waals surface area (Å²) < 4.78 is 13.7. The summed E-state index contributed by atoms with van der Waals surface area (Å²) in [5.74, 6) is 0.426. The lowest BCUT2D eigenvalue weighted by Gasteiger charge is -2.47. The molecule has 2 heterocycles. The summed E-state index contributed by atoms with van der Waals surface area (Å²) in [6.07, 6.45) is 4.99. The fourth-order valence-electron chi connectivity index (χ4n) is 4.84. The summed E-state index contributed by atoms with van der Waals surface area (Å²) in [5.41, 5.74) is 2.00. The van der Waals surface area contributed by atoms with Crippen LogP contribution in [-0.2, 0) is 28.1 Å². The maximum Gasteiger partial charge on any atom is 0.147 e. The van der Waals surface area contributed by atoms with Crippen molar-refractivity contribution in [1.29, 1.82) is 0 Å². The van der Waals surface area contributed by atoms with Crippen molar-refractivity contribution in [2.45, 2.75) is 45.3 Å². The van der Waals surface area contributed by atoms with Gasteiger partial charge in [-0.2, -0.15) is 0 Å². The van der Waals surface area contributed by atoms with E-state index in [1.165, 1.54) is 6.21 Å². The average Bonchev–Trinajstić information content (AvgIpc) is 3.11. The van der Waals surface area contributed by atoms with Gasteiger partial charge < -0.3 is 19.2 Å². The number of fused-ring (bicyclic) bond motifs is 2. The smallest absolute Gasteiger partial charge is 0.147 e. The first kappa shape index (κ1) is 19.6. The number of benzene rings is 1. The second-order valence-corrected chi connectivity index (χ2v) is 8.61. The van der Waals surface area contributed by atoms with E-state index in [4.69, 9.17) is 19.7 Å². The molecule has 1 saturated carbocycles. The third-order valence-corrected chi connectivity index (χ3v) is 6.13. The van der Waals surface area contributed by atoms with Gasteiger partial charge in [-0.25, -0.2) is 4.98 Å². The zero-order chi connectivity index (χ0) is 20.6. The number of hydrogen-bond donors (Lipinski definition) is 1. The monoisotopic (exact) mass is 397 g/mol. The van der Waals surface area contributed by atoms with Gasteiger partial charge in [-0.3, -0.25) is 4.79 Å². The highest BCUT2D eigenvalue weighted by molar-refractivity contribution is 5.99. The molecule has 2 unspecified atom stereocenters. The molecule has 7 nitrogen and oxygen atoms in total. The molecular formula is C22H27N3O4. The minimum absolute atomic E-state index is 0.0781. The number of imidazole rings is 1. The summed E-state index contributed by atoms with van der Waals surface area (Å²) in [6, 6.07) is 8.02. The lowest BCUT2D eigenvalue weighted by Crippen LogP contribution is -2.51. The van der Waals surface area contributed by atoms with Crippen LogP contribution in [0, 0.1) is 11.3 Å². The molecule has 29 heavy (non-hydrogen) atoms. The molecular weight excluding hydrogens is 370 g/mol. The fraction of sp³-hybridized carbons (Fsp3) is 0.500. The summed E-state index contributed by atoms with van der Waals surface area (Å²) in [5, 5.41) is 12.2. The van der Waals surface area contributed by atoms with E-state index in [2.05, 4.69) is 21.9 Å². The summed E-state index contributed by atoms with van der Waals surface area (Å²) in [7, 11) is 1.66. The van der Waals surface area contributed by atoms with E-state index >= 15 is 0 Å². The number of ether oxygens (including phenoxy) is 2. The van der Waals surface area contributed by atoms with E-state index in [9.17, 15) is 4.79 Å². The van der Waals surface area contributed by atoms with Crippen LogP contribution < -0.4 is 4.74 Å². The maximum atomic E-state index is 12.8. The van der Waals surface area contributed by atoms with Gasteiger partial charge >= 0.3 is 0 Å². The fourth-order valence-corrected chi connectivity index (χ4v) is 4.84. The second kappa shape index (κ2) is 7.30. The number of Topliss-reactive ketones (excluding diaryl/α,β-unsaturated/α-hetero) is 1. The number of rotatable bonds is 4. The van der Waals surface area contributed by atoms with Crippen LogP contribution in [0.1, 0.15) is 43.6 Å². The van der Waals surface area contributed by atoms with Gasteiger partial charge in [0.25, 0.3) is 0 Å². The molecule has 1 aliphatic heterocycles. The quantitative estimate of drug-likeness (QED) is 0.487. The molecule has 0 saturated heterocycles. The Balaban J connectivity index is 1.67. The van der Waals surface area contributed by atoms with Crippen LogP contribution in [0.5, 0.6) is 5.75 Å². The number of nitrogens with zero attached hydrogens (tertiary/aromatic N) is 3. The minimum atomic E-state index is -0.637. The van der Waals surface area contributed by atoms with Gasteiger partial charge in [0.15, 0.2) is 0 Å². The van der Waals surface area contributed by atoms with Crippen LogP contribution in [0.25, 0.3) is 0 Å². The molecule has 1 aromatic carbocycles. The van der Waals surface area contributed by atoms with Gasteiger partial charge in [0.2, 0.25) is 0 Å². The van der Waals surface area contributed by atoms with Crippen molar-refractivity contribution in [1.82, 2.24) is 9.55 Å². The highest BCUT2D eigenvalue weighted by Gasteiger charge is 2.53. The third kappa shape index (κ3) is 3.44. The molecule has 4 rings (SSSR count). The predicted octanol–water partition coefficient (Wildman–Crippen LogP) is 3.17. The molecule has 1 N–H and O–H groups in total. The minimum Gasteiger partial charge on any atom is -0.497 e. The van der Waals surface area contributed by atoms with Crippen LogP contribution in [0.15, 0.2) is 35.7 Å². The Morgan fingerprint density at radius 1 is 1.38 bits per heavy atom. The zero-order valence-corrected chi connectivity index (χ0v) is 17.1. The second-order valence-electron chi connectivity index (χ2n) is 8.61. The molecule has 1 spiro atoms. The number of methoxy groups -OCH3 is 1. The largest absolute Gasteiger partial charge is 0.497 e. The van der Waals surface area contributed by atoms with Crippen molar-refractivity contribution < 1.29 is 19.5 Å². The van der Waals surface area contributed by atoms with E-state index in [1.54, 1.807) is 7.11 Å². The van der Waals surface area contributed by atoms with Crippen molar-refractivity contribution in [2.24, 2.45) is 16.5 Å². The van der Waals surface area contributed by atoms with Crippen LogP contribution in [-0.4, -0.2) is 40.5 Å². The molecule has 2 aliphatic rings. The van der Waals surface area contributed by atoms with E-state index in [0.717, 1.165) is 29.1 Å². The van der Waals surface area contributed by atoms with Crippen LogP contribution in [0.3, 0.4) is 0 Å². The van der Waals surface area contributed by atoms with Gasteiger partial charge in [0, 0.05) is 24.1 Å². The van der Waals surface area contributed by atoms with Gasteiger partial charge in [0.1, 0.15) is 17.1 Å². The highest BCUT2D eigenvalue weighted by Crippen LogP contribution is 2.50.